The molecule has 1 atom stereocenters. The zero-order valence-corrected chi connectivity index (χ0v) is 15.9. The van der Waals surface area contributed by atoms with Crippen molar-refractivity contribution in [3.05, 3.63) is 29.8 Å². The highest BCUT2D eigenvalue weighted by atomic mass is 16.5. The monoisotopic (exact) mass is 376 g/mol. The molecule has 8 nitrogen and oxygen atoms in total. The molecule has 27 heavy (non-hydrogen) atoms. The molecule has 1 fully saturated rings. The number of benzene rings is 1. The first-order valence-corrected chi connectivity index (χ1v) is 8.64. The molecule has 0 unspecified atom stereocenters. The van der Waals surface area contributed by atoms with E-state index < -0.39 is 24.0 Å². The molecule has 1 N–H and O–H groups in total. The van der Waals surface area contributed by atoms with Crippen LogP contribution in [0.4, 0.5) is 4.79 Å². The van der Waals surface area contributed by atoms with Gasteiger partial charge in [-0.05, 0) is 44.5 Å². The molecular formula is C19H24N2O6. The highest BCUT2D eigenvalue weighted by Crippen LogP contribution is 2.29. The quantitative estimate of drug-likeness (QED) is 0.578. The first-order chi connectivity index (χ1) is 12.8. The van der Waals surface area contributed by atoms with Crippen LogP contribution in [0, 0.1) is 0 Å². The van der Waals surface area contributed by atoms with Crippen LogP contribution in [0.1, 0.15) is 26.3 Å². The molecule has 1 aromatic carbocycles. The second-order valence-corrected chi connectivity index (χ2v) is 6.21. The van der Waals surface area contributed by atoms with Crippen LogP contribution in [-0.2, 0) is 14.3 Å². The summed E-state index contributed by atoms with van der Waals surface area (Å²) < 4.78 is 16.0. The molecule has 1 saturated heterocycles. The van der Waals surface area contributed by atoms with Gasteiger partial charge in [-0.2, -0.15) is 0 Å². The Bertz CT molecular complexity index is 744. The Hall–Kier alpha value is -3.03. The van der Waals surface area contributed by atoms with Gasteiger partial charge in [-0.3, -0.25) is 9.69 Å². The number of amides is 3. The van der Waals surface area contributed by atoms with Gasteiger partial charge in [0, 0.05) is 19.2 Å². The van der Waals surface area contributed by atoms with Crippen LogP contribution in [0.15, 0.2) is 24.3 Å². The smallest absolute Gasteiger partial charge is 0.331 e. The second-order valence-electron chi connectivity index (χ2n) is 6.21. The van der Waals surface area contributed by atoms with Crippen molar-refractivity contribution in [1.82, 2.24) is 10.2 Å². The van der Waals surface area contributed by atoms with Crippen LogP contribution in [0.2, 0.25) is 0 Å². The molecule has 0 saturated carbocycles. The summed E-state index contributed by atoms with van der Waals surface area (Å²) in [6.07, 6.45) is 1.71. The van der Waals surface area contributed by atoms with Crippen LogP contribution in [-0.4, -0.2) is 55.2 Å². The number of carbonyl (C=O) groups excluding carboxylic acids is 3. The van der Waals surface area contributed by atoms with Crippen molar-refractivity contribution >= 4 is 24.0 Å². The van der Waals surface area contributed by atoms with Gasteiger partial charge < -0.3 is 19.5 Å². The molecule has 3 amide bonds. The molecule has 1 aliphatic heterocycles. The average molecular weight is 376 g/mol. The number of hydrogen-bond acceptors (Lipinski definition) is 6. The minimum atomic E-state index is -1.05. The number of carbonyl (C=O) groups is 3. The Morgan fingerprint density at radius 2 is 1.96 bits per heavy atom. The molecule has 8 heteroatoms. The van der Waals surface area contributed by atoms with E-state index in [1.807, 2.05) is 13.8 Å². The first-order valence-electron chi connectivity index (χ1n) is 8.64. The first kappa shape index (κ1) is 20.3. The van der Waals surface area contributed by atoms with E-state index in [2.05, 4.69) is 5.32 Å². The lowest BCUT2D eigenvalue weighted by Crippen LogP contribution is -2.41. The Labute approximate surface area is 158 Å². The van der Waals surface area contributed by atoms with Crippen molar-refractivity contribution in [2.24, 2.45) is 0 Å². The number of imide groups is 1. The molecule has 0 bridgehead atoms. The second kappa shape index (κ2) is 9.07. The number of esters is 1. The van der Waals surface area contributed by atoms with Gasteiger partial charge in [-0.1, -0.05) is 6.07 Å². The summed E-state index contributed by atoms with van der Waals surface area (Å²) >= 11 is 0. The van der Waals surface area contributed by atoms with E-state index in [1.165, 1.54) is 20.1 Å². The molecule has 0 aliphatic carbocycles. The zero-order chi connectivity index (χ0) is 20.0. The van der Waals surface area contributed by atoms with Gasteiger partial charge in [0.2, 0.25) is 0 Å². The molecule has 1 aromatic rings. The summed E-state index contributed by atoms with van der Waals surface area (Å²) in [5.41, 5.74) is 0.706. The van der Waals surface area contributed by atoms with Gasteiger partial charge >= 0.3 is 12.0 Å². The minimum absolute atomic E-state index is 0.00647. The molecule has 0 radical (unpaired) electrons. The van der Waals surface area contributed by atoms with Crippen LogP contribution in [0.5, 0.6) is 11.5 Å². The number of ether oxygens (including phenoxy) is 3. The standard InChI is InChI=1S/C19H24N2O6/c1-12(2)26-15-7-5-14(11-16(15)25-4)6-8-17(22)27-13(3)18(23)21-10-9-20-19(21)24/h5-8,11-13H,9-10H2,1-4H3,(H,20,24)/b8-6+/t13-/m1/s1. The van der Waals surface area contributed by atoms with Crippen LogP contribution >= 0.6 is 0 Å². The lowest BCUT2D eigenvalue weighted by Gasteiger charge is -2.17. The van der Waals surface area contributed by atoms with Crippen LogP contribution in [0.3, 0.4) is 0 Å². The normalized spacial score (nSPS) is 15.0. The van der Waals surface area contributed by atoms with E-state index >= 15 is 0 Å². The number of hydrogen-bond donors (Lipinski definition) is 1. The molecule has 1 heterocycles. The maximum Gasteiger partial charge on any atom is 0.331 e. The van der Waals surface area contributed by atoms with Crippen molar-refractivity contribution in [3.63, 3.8) is 0 Å². The van der Waals surface area contributed by atoms with Gasteiger partial charge in [-0.25, -0.2) is 9.59 Å². The molecule has 2 rings (SSSR count). The Balaban J connectivity index is 1.97. The van der Waals surface area contributed by atoms with E-state index in [4.69, 9.17) is 14.2 Å². The maximum absolute atomic E-state index is 12.1. The number of urea groups is 1. The third-order valence-electron chi connectivity index (χ3n) is 3.73. The summed E-state index contributed by atoms with van der Waals surface area (Å²) in [5.74, 6) is -0.0846. The van der Waals surface area contributed by atoms with E-state index in [0.29, 0.717) is 23.6 Å². The molecular weight excluding hydrogens is 352 g/mol. The third-order valence-corrected chi connectivity index (χ3v) is 3.73. The van der Waals surface area contributed by atoms with E-state index in [0.717, 1.165) is 4.90 Å². The predicted molar refractivity (Wildman–Crippen MR) is 98.5 cm³/mol. The maximum atomic E-state index is 12.1. The van der Waals surface area contributed by atoms with Gasteiger partial charge in [-0.15, -0.1) is 0 Å². The van der Waals surface area contributed by atoms with Gasteiger partial charge in [0.05, 0.1) is 13.2 Å². The molecule has 0 spiro atoms. The van der Waals surface area contributed by atoms with Crippen LogP contribution < -0.4 is 14.8 Å². The highest BCUT2D eigenvalue weighted by molar-refractivity contribution is 5.99. The third kappa shape index (κ3) is 5.47. The van der Waals surface area contributed by atoms with Crippen molar-refractivity contribution in [2.75, 3.05) is 20.2 Å². The summed E-state index contributed by atoms with van der Waals surface area (Å²) in [7, 11) is 1.53. The van der Waals surface area contributed by atoms with E-state index in [9.17, 15) is 14.4 Å². The average Bonchev–Trinajstić information content (AvgIpc) is 3.05. The minimum Gasteiger partial charge on any atom is -0.493 e. The van der Waals surface area contributed by atoms with Crippen molar-refractivity contribution < 1.29 is 28.6 Å². The topological polar surface area (TPSA) is 94.2 Å². The van der Waals surface area contributed by atoms with Gasteiger partial charge in [0.15, 0.2) is 17.6 Å². The Kier molecular flexibility index (Phi) is 6.81. The number of nitrogens with zero attached hydrogens (tertiary/aromatic N) is 1. The van der Waals surface area contributed by atoms with E-state index in [-0.39, 0.29) is 12.6 Å². The fourth-order valence-electron chi connectivity index (χ4n) is 2.47. The summed E-state index contributed by atoms with van der Waals surface area (Å²) in [5, 5.41) is 2.52. The Morgan fingerprint density at radius 1 is 1.22 bits per heavy atom. The SMILES string of the molecule is COc1cc(/C=C/C(=O)O[C@H](C)C(=O)N2CCNC2=O)ccc1OC(C)C. The highest BCUT2D eigenvalue weighted by Gasteiger charge is 2.31. The molecule has 146 valence electrons. The molecule has 0 aromatic heterocycles. The lowest BCUT2D eigenvalue weighted by molar-refractivity contribution is -0.153. The summed E-state index contributed by atoms with van der Waals surface area (Å²) in [6, 6.07) is 4.77. The lowest BCUT2D eigenvalue weighted by atomic mass is 10.2. The summed E-state index contributed by atoms with van der Waals surface area (Å²) in [6.45, 7) is 5.92. The number of rotatable bonds is 7. The van der Waals surface area contributed by atoms with Crippen molar-refractivity contribution in [1.29, 1.82) is 0 Å². The Morgan fingerprint density at radius 3 is 2.56 bits per heavy atom. The summed E-state index contributed by atoms with van der Waals surface area (Å²) in [4.78, 5) is 36.6. The molecule has 1 aliphatic rings. The van der Waals surface area contributed by atoms with Crippen molar-refractivity contribution in [2.45, 2.75) is 33.0 Å². The predicted octanol–water partition coefficient (Wildman–Crippen LogP) is 1.98. The zero-order valence-electron chi connectivity index (χ0n) is 15.9. The van der Waals surface area contributed by atoms with Crippen molar-refractivity contribution in [3.8, 4) is 11.5 Å². The fraction of sp³-hybridized carbons (Fsp3) is 0.421. The number of nitrogens with one attached hydrogen (secondary N) is 1. The van der Waals surface area contributed by atoms with E-state index in [1.54, 1.807) is 24.3 Å². The van der Waals surface area contributed by atoms with Crippen LogP contribution in [0.25, 0.3) is 6.08 Å². The largest absolute Gasteiger partial charge is 0.493 e. The fourth-order valence-corrected chi connectivity index (χ4v) is 2.47. The number of methoxy groups -OCH3 is 1. The van der Waals surface area contributed by atoms with Gasteiger partial charge in [0.25, 0.3) is 5.91 Å². The van der Waals surface area contributed by atoms with Gasteiger partial charge in [0.1, 0.15) is 0 Å².